The molecule has 0 saturated carbocycles. The molecule has 5 heteroatoms. The number of alkyl carbamates (subject to hydrolysis) is 1. The Balaban J connectivity index is 2.28. The fourth-order valence-electron chi connectivity index (χ4n) is 1.32. The Morgan fingerprint density at radius 2 is 2.27 bits per heavy atom. The van der Waals surface area contributed by atoms with Crippen LogP contribution in [0.2, 0.25) is 0 Å². The van der Waals surface area contributed by atoms with E-state index in [9.17, 15) is 4.79 Å². The molecule has 0 aromatic heterocycles. The first kappa shape index (κ1) is 12.3. The summed E-state index contributed by atoms with van der Waals surface area (Å²) < 4.78 is 10.3. The fourth-order valence-corrected chi connectivity index (χ4v) is 1.32. The van der Waals surface area contributed by atoms with Crippen LogP contribution in [-0.2, 0) is 9.47 Å². The van der Waals surface area contributed by atoms with Crippen LogP contribution < -0.4 is 11.1 Å². The molecule has 15 heavy (non-hydrogen) atoms. The quantitative estimate of drug-likeness (QED) is 0.710. The number of amides is 1. The van der Waals surface area contributed by atoms with Crippen LogP contribution in [0, 0.1) is 0 Å². The second-order valence-electron chi connectivity index (χ2n) is 5.02. The first-order valence-electron chi connectivity index (χ1n) is 5.14. The number of ether oxygens (including phenoxy) is 2. The van der Waals surface area contributed by atoms with E-state index in [1.54, 1.807) is 0 Å². The van der Waals surface area contributed by atoms with Crippen molar-refractivity contribution in [2.24, 2.45) is 5.73 Å². The van der Waals surface area contributed by atoms with Crippen LogP contribution in [-0.4, -0.2) is 37.0 Å². The number of nitrogens with two attached hydrogens (primary N) is 1. The topological polar surface area (TPSA) is 73.6 Å². The molecule has 0 radical (unpaired) electrons. The van der Waals surface area contributed by atoms with Crippen molar-refractivity contribution >= 4 is 6.09 Å². The Kier molecular flexibility index (Phi) is 3.57. The van der Waals surface area contributed by atoms with Crippen LogP contribution in [0.25, 0.3) is 0 Å². The third kappa shape index (κ3) is 4.48. The summed E-state index contributed by atoms with van der Waals surface area (Å²) in [6, 6.07) is 0. The third-order valence-corrected chi connectivity index (χ3v) is 2.12. The summed E-state index contributed by atoms with van der Waals surface area (Å²) >= 11 is 0. The summed E-state index contributed by atoms with van der Waals surface area (Å²) in [6.07, 6.45) is 0.335. The van der Waals surface area contributed by atoms with E-state index in [-0.39, 0.29) is 0 Å². The van der Waals surface area contributed by atoms with Crippen molar-refractivity contribution in [3.05, 3.63) is 0 Å². The number of rotatable bonds is 2. The SMILES string of the molecule is CC(C)(C)OC(=O)NC[C@@]1(N)CCOC1. The highest BCUT2D eigenvalue weighted by Crippen LogP contribution is 2.14. The summed E-state index contributed by atoms with van der Waals surface area (Å²) in [5, 5.41) is 2.66. The molecule has 88 valence electrons. The molecule has 0 aromatic rings. The van der Waals surface area contributed by atoms with Crippen molar-refractivity contribution in [2.75, 3.05) is 19.8 Å². The molecule has 0 aliphatic carbocycles. The van der Waals surface area contributed by atoms with Crippen LogP contribution in [0.4, 0.5) is 4.79 Å². The van der Waals surface area contributed by atoms with Gasteiger partial charge in [-0.15, -0.1) is 0 Å². The summed E-state index contributed by atoms with van der Waals surface area (Å²) in [5.74, 6) is 0. The predicted octanol–water partition coefficient (Wildman–Crippen LogP) is 0.629. The molecule has 3 N–H and O–H groups in total. The summed E-state index contributed by atoms with van der Waals surface area (Å²) in [6.45, 7) is 7.01. The first-order chi connectivity index (χ1) is 6.81. The largest absolute Gasteiger partial charge is 0.444 e. The molecule has 1 amide bonds. The molecule has 0 aromatic carbocycles. The Morgan fingerprint density at radius 3 is 2.73 bits per heavy atom. The summed E-state index contributed by atoms with van der Waals surface area (Å²) in [5.41, 5.74) is 5.07. The van der Waals surface area contributed by atoms with Crippen molar-refractivity contribution in [3.8, 4) is 0 Å². The van der Waals surface area contributed by atoms with Gasteiger partial charge in [-0.1, -0.05) is 0 Å². The van der Waals surface area contributed by atoms with Crippen LogP contribution in [0.3, 0.4) is 0 Å². The minimum absolute atomic E-state index is 0.391. The zero-order valence-corrected chi connectivity index (χ0v) is 9.63. The van der Waals surface area contributed by atoms with E-state index < -0.39 is 17.2 Å². The van der Waals surface area contributed by atoms with E-state index in [0.29, 0.717) is 19.8 Å². The number of hydrogen-bond donors (Lipinski definition) is 2. The zero-order chi connectivity index (χ0) is 11.5. The zero-order valence-electron chi connectivity index (χ0n) is 9.63. The third-order valence-electron chi connectivity index (χ3n) is 2.12. The van der Waals surface area contributed by atoms with Crippen LogP contribution >= 0.6 is 0 Å². The average molecular weight is 216 g/mol. The smallest absolute Gasteiger partial charge is 0.407 e. The molecule has 0 unspecified atom stereocenters. The van der Waals surface area contributed by atoms with Crippen molar-refractivity contribution in [3.63, 3.8) is 0 Å². The van der Waals surface area contributed by atoms with Gasteiger partial charge in [-0.2, -0.15) is 0 Å². The Bertz CT molecular complexity index is 229. The Morgan fingerprint density at radius 1 is 1.60 bits per heavy atom. The van der Waals surface area contributed by atoms with Gasteiger partial charge >= 0.3 is 6.09 Å². The van der Waals surface area contributed by atoms with E-state index in [1.165, 1.54) is 0 Å². The predicted molar refractivity (Wildman–Crippen MR) is 56.6 cm³/mol. The second-order valence-corrected chi connectivity index (χ2v) is 5.02. The number of hydrogen-bond acceptors (Lipinski definition) is 4. The van der Waals surface area contributed by atoms with E-state index in [0.717, 1.165) is 6.42 Å². The van der Waals surface area contributed by atoms with E-state index in [2.05, 4.69) is 5.32 Å². The van der Waals surface area contributed by atoms with E-state index in [1.807, 2.05) is 20.8 Å². The lowest BCUT2D eigenvalue weighted by molar-refractivity contribution is 0.0512. The molecule has 1 fully saturated rings. The van der Waals surface area contributed by atoms with Crippen molar-refractivity contribution in [2.45, 2.75) is 38.3 Å². The maximum Gasteiger partial charge on any atom is 0.407 e. The molecule has 1 heterocycles. The Labute approximate surface area is 90.3 Å². The van der Waals surface area contributed by atoms with Crippen LogP contribution in [0.5, 0.6) is 0 Å². The molecule has 5 nitrogen and oxygen atoms in total. The lowest BCUT2D eigenvalue weighted by atomic mass is 10.0. The van der Waals surface area contributed by atoms with Crippen LogP contribution in [0.1, 0.15) is 27.2 Å². The summed E-state index contributed by atoms with van der Waals surface area (Å²) in [4.78, 5) is 11.3. The van der Waals surface area contributed by atoms with Crippen LogP contribution in [0.15, 0.2) is 0 Å². The minimum Gasteiger partial charge on any atom is -0.444 e. The number of nitrogens with one attached hydrogen (secondary N) is 1. The van der Waals surface area contributed by atoms with E-state index >= 15 is 0 Å². The van der Waals surface area contributed by atoms with Gasteiger partial charge in [-0.25, -0.2) is 4.79 Å². The van der Waals surface area contributed by atoms with Gasteiger partial charge in [0.05, 0.1) is 12.1 Å². The highest BCUT2D eigenvalue weighted by molar-refractivity contribution is 5.67. The van der Waals surface area contributed by atoms with Gasteiger partial charge in [0.1, 0.15) is 5.60 Å². The molecule has 1 aliphatic rings. The standard InChI is InChI=1S/C10H20N2O3/c1-9(2,3)15-8(13)12-6-10(11)4-5-14-7-10/h4-7,11H2,1-3H3,(H,12,13)/t10-/m0/s1. The van der Waals surface area contributed by atoms with Gasteiger partial charge in [0, 0.05) is 13.2 Å². The van der Waals surface area contributed by atoms with Gasteiger partial charge in [-0.05, 0) is 27.2 Å². The number of carbonyl (C=O) groups is 1. The highest BCUT2D eigenvalue weighted by atomic mass is 16.6. The highest BCUT2D eigenvalue weighted by Gasteiger charge is 2.31. The van der Waals surface area contributed by atoms with Gasteiger partial charge < -0.3 is 20.5 Å². The fraction of sp³-hybridized carbons (Fsp3) is 0.900. The molecular formula is C10H20N2O3. The lowest BCUT2D eigenvalue weighted by Crippen LogP contribution is -2.51. The normalized spacial score (nSPS) is 26.4. The van der Waals surface area contributed by atoms with Gasteiger partial charge in [0.25, 0.3) is 0 Å². The Hall–Kier alpha value is -0.810. The van der Waals surface area contributed by atoms with Gasteiger partial charge in [0.2, 0.25) is 0 Å². The second kappa shape index (κ2) is 4.37. The maximum atomic E-state index is 11.3. The molecule has 0 spiro atoms. The number of carbonyl (C=O) groups excluding carboxylic acids is 1. The minimum atomic E-state index is -0.474. The summed E-state index contributed by atoms with van der Waals surface area (Å²) in [7, 11) is 0. The van der Waals surface area contributed by atoms with Gasteiger partial charge in [-0.3, -0.25) is 0 Å². The molecule has 0 bridgehead atoms. The monoisotopic (exact) mass is 216 g/mol. The van der Waals surface area contributed by atoms with Gasteiger partial charge in [0.15, 0.2) is 0 Å². The molecule has 1 rings (SSSR count). The van der Waals surface area contributed by atoms with Crippen molar-refractivity contribution in [1.82, 2.24) is 5.32 Å². The average Bonchev–Trinajstić information content (AvgIpc) is 2.47. The van der Waals surface area contributed by atoms with E-state index in [4.69, 9.17) is 15.2 Å². The molecule has 1 atom stereocenters. The molecular weight excluding hydrogens is 196 g/mol. The molecule has 1 aliphatic heterocycles. The maximum absolute atomic E-state index is 11.3. The lowest BCUT2D eigenvalue weighted by Gasteiger charge is -2.24. The van der Waals surface area contributed by atoms with Crippen molar-refractivity contribution in [1.29, 1.82) is 0 Å². The first-order valence-corrected chi connectivity index (χ1v) is 5.14. The van der Waals surface area contributed by atoms with Crippen molar-refractivity contribution < 1.29 is 14.3 Å². The molecule has 1 saturated heterocycles.